The average Bonchev–Trinajstić information content (AvgIpc) is 2.44. The van der Waals surface area contributed by atoms with Crippen molar-refractivity contribution >= 4 is 0 Å². The Hall–Kier alpha value is -0.120. The summed E-state index contributed by atoms with van der Waals surface area (Å²) in [6, 6.07) is 0. The van der Waals surface area contributed by atoms with Gasteiger partial charge in [0.15, 0.2) is 0 Å². The maximum atomic E-state index is 3.53. The molecule has 1 heterocycles. The van der Waals surface area contributed by atoms with Crippen LogP contribution in [0.25, 0.3) is 0 Å². The largest absolute Gasteiger partial charge is 0.316 e. The number of unbranched alkanes of at least 4 members (excludes halogenated alkanes) is 3. The third-order valence-corrected chi connectivity index (χ3v) is 4.60. The predicted molar refractivity (Wildman–Crippen MR) is 93.9 cm³/mol. The first-order valence-electron chi connectivity index (χ1n) is 9.15. The van der Waals surface area contributed by atoms with E-state index in [1.165, 1.54) is 77.8 Å². The standard InChI is InChI=1S/C18H39N3/c1-17(2)15-19-11-7-5-6-8-12-21(4)16-18-9-13-20(3)14-10-18/h17-19H,5-16H2,1-4H3. The monoisotopic (exact) mass is 297 g/mol. The van der Waals surface area contributed by atoms with E-state index in [0.29, 0.717) is 0 Å². The molecule has 0 aromatic rings. The number of rotatable bonds is 11. The highest BCUT2D eigenvalue weighted by atomic mass is 15.1. The molecule has 1 aliphatic heterocycles. The Morgan fingerprint density at radius 1 is 1.10 bits per heavy atom. The summed E-state index contributed by atoms with van der Waals surface area (Å²) < 4.78 is 0. The van der Waals surface area contributed by atoms with Crippen molar-refractivity contribution in [1.82, 2.24) is 15.1 Å². The van der Waals surface area contributed by atoms with Crippen LogP contribution in [0.4, 0.5) is 0 Å². The quantitative estimate of drug-likeness (QED) is 0.591. The molecule has 3 nitrogen and oxygen atoms in total. The average molecular weight is 298 g/mol. The summed E-state index contributed by atoms with van der Waals surface area (Å²) in [5.74, 6) is 1.71. The molecule has 0 spiro atoms. The fourth-order valence-electron chi connectivity index (χ4n) is 3.15. The van der Waals surface area contributed by atoms with E-state index < -0.39 is 0 Å². The molecule has 0 unspecified atom stereocenters. The molecule has 1 N–H and O–H groups in total. The molecular formula is C18H39N3. The van der Waals surface area contributed by atoms with E-state index >= 15 is 0 Å². The lowest BCUT2D eigenvalue weighted by Gasteiger charge is -2.31. The summed E-state index contributed by atoms with van der Waals surface area (Å²) in [4.78, 5) is 5.02. The maximum Gasteiger partial charge on any atom is 0.000756 e. The summed E-state index contributed by atoms with van der Waals surface area (Å²) >= 11 is 0. The molecular weight excluding hydrogens is 258 g/mol. The first kappa shape index (κ1) is 18.9. The van der Waals surface area contributed by atoms with E-state index in [0.717, 1.165) is 11.8 Å². The van der Waals surface area contributed by atoms with Gasteiger partial charge in [-0.05, 0) is 84.3 Å². The van der Waals surface area contributed by atoms with E-state index in [-0.39, 0.29) is 0 Å². The zero-order valence-corrected chi connectivity index (χ0v) is 15.0. The van der Waals surface area contributed by atoms with Gasteiger partial charge in [-0.3, -0.25) is 0 Å². The molecule has 1 saturated heterocycles. The lowest BCUT2D eigenvalue weighted by atomic mass is 9.96. The lowest BCUT2D eigenvalue weighted by Crippen LogP contribution is -2.36. The summed E-state index contributed by atoms with van der Waals surface area (Å²) in [5, 5.41) is 3.53. The molecule has 126 valence electrons. The minimum Gasteiger partial charge on any atom is -0.316 e. The van der Waals surface area contributed by atoms with E-state index in [2.05, 4.69) is 43.1 Å². The Bertz CT molecular complexity index is 235. The van der Waals surface area contributed by atoms with Crippen molar-refractivity contribution in [2.45, 2.75) is 52.4 Å². The first-order valence-corrected chi connectivity index (χ1v) is 9.15. The van der Waals surface area contributed by atoms with Crippen LogP contribution in [0.1, 0.15) is 52.4 Å². The third kappa shape index (κ3) is 10.3. The van der Waals surface area contributed by atoms with E-state index in [9.17, 15) is 0 Å². The zero-order valence-electron chi connectivity index (χ0n) is 15.0. The first-order chi connectivity index (χ1) is 10.1. The smallest absolute Gasteiger partial charge is 0.000756 e. The fraction of sp³-hybridized carbons (Fsp3) is 1.00. The molecule has 0 atom stereocenters. The van der Waals surface area contributed by atoms with Crippen molar-refractivity contribution in [2.24, 2.45) is 11.8 Å². The minimum absolute atomic E-state index is 0.776. The van der Waals surface area contributed by atoms with Crippen LogP contribution < -0.4 is 5.32 Å². The van der Waals surface area contributed by atoms with Crippen molar-refractivity contribution in [3.63, 3.8) is 0 Å². The molecule has 0 aliphatic carbocycles. The molecule has 0 aromatic carbocycles. The number of hydrogen-bond donors (Lipinski definition) is 1. The van der Waals surface area contributed by atoms with Crippen molar-refractivity contribution in [1.29, 1.82) is 0 Å². The molecule has 0 saturated carbocycles. The van der Waals surface area contributed by atoms with Crippen LogP contribution in [-0.4, -0.2) is 63.2 Å². The SMILES string of the molecule is CC(C)CNCCCCCCN(C)CC1CCN(C)CC1. The summed E-state index contributed by atoms with van der Waals surface area (Å²) in [6.07, 6.45) is 8.26. The van der Waals surface area contributed by atoms with Gasteiger partial charge in [0, 0.05) is 6.54 Å². The maximum absolute atomic E-state index is 3.53. The van der Waals surface area contributed by atoms with Gasteiger partial charge in [-0.1, -0.05) is 26.7 Å². The normalized spacial score (nSPS) is 18.0. The number of nitrogens with zero attached hydrogens (tertiary/aromatic N) is 2. The molecule has 3 heteroatoms. The van der Waals surface area contributed by atoms with Gasteiger partial charge in [0.25, 0.3) is 0 Å². The second-order valence-corrected chi connectivity index (χ2v) is 7.52. The molecule has 21 heavy (non-hydrogen) atoms. The van der Waals surface area contributed by atoms with Crippen LogP contribution in [0, 0.1) is 11.8 Å². The number of hydrogen-bond acceptors (Lipinski definition) is 3. The van der Waals surface area contributed by atoms with Gasteiger partial charge in [0.1, 0.15) is 0 Å². The zero-order chi connectivity index (χ0) is 15.5. The number of likely N-dealkylation sites (tertiary alicyclic amines) is 1. The van der Waals surface area contributed by atoms with Crippen LogP contribution in [0.2, 0.25) is 0 Å². The topological polar surface area (TPSA) is 18.5 Å². The van der Waals surface area contributed by atoms with Gasteiger partial charge in [-0.25, -0.2) is 0 Å². The van der Waals surface area contributed by atoms with Gasteiger partial charge in [0.2, 0.25) is 0 Å². The predicted octanol–water partition coefficient (Wildman–Crippen LogP) is 3.07. The summed E-state index contributed by atoms with van der Waals surface area (Å²) in [6.45, 7) is 12.1. The van der Waals surface area contributed by atoms with Gasteiger partial charge in [-0.15, -0.1) is 0 Å². The second-order valence-electron chi connectivity index (χ2n) is 7.52. The molecule has 1 fully saturated rings. The van der Waals surface area contributed by atoms with Gasteiger partial charge >= 0.3 is 0 Å². The van der Waals surface area contributed by atoms with E-state index in [1.54, 1.807) is 0 Å². The molecule has 0 radical (unpaired) electrons. The van der Waals surface area contributed by atoms with Crippen LogP contribution >= 0.6 is 0 Å². The van der Waals surface area contributed by atoms with E-state index in [1.807, 2.05) is 0 Å². The lowest BCUT2D eigenvalue weighted by molar-refractivity contribution is 0.175. The van der Waals surface area contributed by atoms with Crippen molar-refractivity contribution < 1.29 is 0 Å². The molecule has 0 amide bonds. The van der Waals surface area contributed by atoms with Gasteiger partial charge < -0.3 is 15.1 Å². The second kappa shape index (κ2) is 11.4. The van der Waals surface area contributed by atoms with Crippen LogP contribution in [-0.2, 0) is 0 Å². The third-order valence-electron chi connectivity index (χ3n) is 4.60. The van der Waals surface area contributed by atoms with Gasteiger partial charge in [-0.2, -0.15) is 0 Å². The fourth-order valence-corrected chi connectivity index (χ4v) is 3.15. The molecule has 1 aliphatic rings. The van der Waals surface area contributed by atoms with Crippen LogP contribution in [0.5, 0.6) is 0 Å². The van der Waals surface area contributed by atoms with Gasteiger partial charge in [0.05, 0.1) is 0 Å². The Morgan fingerprint density at radius 2 is 1.76 bits per heavy atom. The highest BCUT2D eigenvalue weighted by Gasteiger charge is 2.17. The molecule has 1 rings (SSSR count). The summed E-state index contributed by atoms with van der Waals surface area (Å²) in [7, 11) is 4.55. The van der Waals surface area contributed by atoms with Crippen molar-refractivity contribution in [3.8, 4) is 0 Å². The Labute approximate surface area is 133 Å². The highest BCUT2D eigenvalue weighted by molar-refractivity contribution is 4.72. The summed E-state index contributed by atoms with van der Waals surface area (Å²) in [5.41, 5.74) is 0. The minimum atomic E-state index is 0.776. The Kier molecular flexibility index (Phi) is 10.3. The van der Waals surface area contributed by atoms with Crippen molar-refractivity contribution in [2.75, 3.05) is 53.4 Å². The van der Waals surface area contributed by atoms with Crippen LogP contribution in [0.15, 0.2) is 0 Å². The highest BCUT2D eigenvalue weighted by Crippen LogP contribution is 2.17. The Morgan fingerprint density at radius 3 is 2.43 bits per heavy atom. The van der Waals surface area contributed by atoms with E-state index in [4.69, 9.17) is 0 Å². The van der Waals surface area contributed by atoms with Crippen LogP contribution in [0.3, 0.4) is 0 Å². The number of nitrogens with one attached hydrogen (secondary N) is 1. The Balaban J connectivity index is 1.88. The number of piperidine rings is 1. The molecule has 0 bridgehead atoms. The van der Waals surface area contributed by atoms with Crippen molar-refractivity contribution in [3.05, 3.63) is 0 Å². The molecule has 0 aromatic heterocycles.